The Morgan fingerprint density at radius 3 is 2.33 bits per heavy atom. The van der Waals surface area contributed by atoms with Gasteiger partial charge in [0.25, 0.3) is 0 Å². The van der Waals surface area contributed by atoms with Crippen molar-refractivity contribution in [1.29, 1.82) is 0 Å². The zero-order valence-corrected chi connectivity index (χ0v) is 10.2. The summed E-state index contributed by atoms with van der Waals surface area (Å²) in [6.45, 7) is 0. The molecule has 18 heavy (non-hydrogen) atoms. The number of hydrogen-bond acceptors (Lipinski definition) is 2. The van der Waals surface area contributed by atoms with Gasteiger partial charge in [-0.05, 0) is 18.2 Å². The summed E-state index contributed by atoms with van der Waals surface area (Å²) in [5, 5.41) is 0. The largest absolute Gasteiger partial charge is 0.496 e. The number of para-hydroxylation sites is 2. The Balaban J connectivity index is 2.27. The topological polar surface area (TPSA) is 18.5 Å². The van der Waals surface area contributed by atoms with E-state index in [1.165, 1.54) is 0 Å². The second-order valence-corrected chi connectivity index (χ2v) is 3.72. The Hall–Kier alpha value is -2.40. The van der Waals surface area contributed by atoms with E-state index in [-0.39, 0.29) is 0 Å². The van der Waals surface area contributed by atoms with Gasteiger partial charge in [0.1, 0.15) is 11.5 Å². The maximum atomic E-state index is 5.78. The molecule has 2 rings (SSSR count). The monoisotopic (exact) mass is 238 g/mol. The molecular weight excluding hydrogens is 224 g/mol. The molecular formula is C16H14O2. The van der Waals surface area contributed by atoms with Crippen molar-refractivity contribution in [3.05, 3.63) is 60.2 Å². The van der Waals surface area contributed by atoms with Crippen LogP contribution in [0.1, 0.15) is 11.7 Å². The van der Waals surface area contributed by atoms with E-state index in [0.717, 1.165) is 17.1 Å². The molecule has 0 spiro atoms. The molecule has 0 aliphatic heterocycles. The van der Waals surface area contributed by atoms with E-state index < -0.39 is 6.10 Å². The van der Waals surface area contributed by atoms with Gasteiger partial charge in [-0.1, -0.05) is 42.3 Å². The van der Waals surface area contributed by atoms with Crippen LogP contribution in [0, 0.1) is 12.3 Å². The zero-order valence-electron chi connectivity index (χ0n) is 10.2. The summed E-state index contributed by atoms with van der Waals surface area (Å²) in [5.41, 5.74) is 0.853. The third kappa shape index (κ3) is 2.64. The molecule has 0 aromatic heterocycles. The first kappa shape index (κ1) is 12.1. The average molecular weight is 238 g/mol. The lowest BCUT2D eigenvalue weighted by molar-refractivity contribution is 0.258. The number of terminal acetylenes is 1. The van der Waals surface area contributed by atoms with E-state index in [0.29, 0.717) is 0 Å². The number of methoxy groups -OCH3 is 1. The number of benzene rings is 2. The molecule has 0 amide bonds. The fraction of sp³-hybridized carbons (Fsp3) is 0.125. The average Bonchev–Trinajstić information content (AvgIpc) is 2.46. The second-order valence-electron chi connectivity index (χ2n) is 3.72. The summed E-state index contributed by atoms with van der Waals surface area (Å²) < 4.78 is 11.1. The summed E-state index contributed by atoms with van der Waals surface area (Å²) >= 11 is 0. The number of rotatable bonds is 4. The van der Waals surface area contributed by atoms with Gasteiger partial charge >= 0.3 is 0 Å². The third-order valence-corrected chi connectivity index (χ3v) is 2.57. The quantitative estimate of drug-likeness (QED) is 0.759. The van der Waals surface area contributed by atoms with E-state index in [2.05, 4.69) is 5.92 Å². The molecule has 0 fully saturated rings. The van der Waals surface area contributed by atoms with Gasteiger partial charge in [0.15, 0.2) is 6.10 Å². The highest BCUT2D eigenvalue weighted by molar-refractivity contribution is 5.39. The van der Waals surface area contributed by atoms with Gasteiger partial charge in [0.05, 0.1) is 7.11 Å². The molecule has 0 aliphatic rings. The normalized spacial score (nSPS) is 11.3. The minimum absolute atomic E-state index is 0.455. The van der Waals surface area contributed by atoms with Crippen LogP contribution in [0.3, 0.4) is 0 Å². The highest BCUT2D eigenvalue weighted by atomic mass is 16.5. The molecule has 90 valence electrons. The second kappa shape index (κ2) is 5.79. The highest BCUT2D eigenvalue weighted by Crippen LogP contribution is 2.28. The summed E-state index contributed by atoms with van der Waals surface area (Å²) in [7, 11) is 1.62. The zero-order chi connectivity index (χ0) is 12.8. The van der Waals surface area contributed by atoms with Crippen molar-refractivity contribution >= 4 is 0 Å². The van der Waals surface area contributed by atoms with Crippen LogP contribution in [0.2, 0.25) is 0 Å². The van der Waals surface area contributed by atoms with Gasteiger partial charge < -0.3 is 9.47 Å². The summed E-state index contributed by atoms with van der Waals surface area (Å²) in [5.74, 6) is 4.11. The van der Waals surface area contributed by atoms with E-state index in [1.54, 1.807) is 7.11 Å². The van der Waals surface area contributed by atoms with Crippen LogP contribution in [-0.2, 0) is 0 Å². The van der Waals surface area contributed by atoms with Crippen molar-refractivity contribution in [3.63, 3.8) is 0 Å². The molecule has 1 atom stereocenters. The van der Waals surface area contributed by atoms with Crippen molar-refractivity contribution in [2.45, 2.75) is 6.10 Å². The number of ether oxygens (including phenoxy) is 2. The molecule has 0 aliphatic carbocycles. The van der Waals surface area contributed by atoms with Gasteiger partial charge in [0, 0.05) is 5.56 Å². The van der Waals surface area contributed by atoms with Crippen LogP contribution < -0.4 is 9.47 Å². The Morgan fingerprint density at radius 1 is 1.00 bits per heavy atom. The number of hydrogen-bond donors (Lipinski definition) is 0. The molecule has 2 aromatic rings. The molecule has 2 aromatic carbocycles. The fourth-order valence-corrected chi connectivity index (χ4v) is 1.71. The minimum atomic E-state index is -0.455. The first-order valence-electron chi connectivity index (χ1n) is 5.66. The standard InChI is InChI=1S/C16H14O2/c1-3-15(18-13-9-5-4-6-10-13)14-11-7-8-12-16(14)17-2/h1,4-12,15H,2H3. The summed E-state index contributed by atoms with van der Waals surface area (Å²) in [4.78, 5) is 0. The van der Waals surface area contributed by atoms with Crippen molar-refractivity contribution in [2.75, 3.05) is 7.11 Å². The minimum Gasteiger partial charge on any atom is -0.496 e. The lowest BCUT2D eigenvalue weighted by Crippen LogP contribution is -2.06. The van der Waals surface area contributed by atoms with Crippen molar-refractivity contribution in [1.82, 2.24) is 0 Å². The SMILES string of the molecule is C#CC(Oc1ccccc1)c1ccccc1OC. The predicted molar refractivity (Wildman–Crippen MR) is 71.6 cm³/mol. The van der Waals surface area contributed by atoms with E-state index >= 15 is 0 Å². The molecule has 0 saturated carbocycles. The Kier molecular flexibility index (Phi) is 3.88. The first-order chi connectivity index (χ1) is 8.85. The predicted octanol–water partition coefficient (Wildman–Crippen LogP) is 3.45. The van der Waals surface area contributed by atoms with E-state index in [4.69, 9.17) is 15.9 Å². The molecule has 0 saturated heterocycles. The summed E-state index contributed by atoms with van der Waals surface area (Å²) in [6.07, 6.45) is 5.09. The van der Waals surface area contributed by atoms with Gasteiger partial charge in [-0.3, -0.25) is 0 Å². The molecule has 0 N–H and O–H groups in total. The van der Waals surface area contributed by atoms with Gasteiger partial charge in [-0.15, -0.1) is 6.42 Å². The van der Waals surface area contributed by atoms with Gasteiger partial charge in [-0.25, -0.2) is 0 Å². The lowest BCUT2D eigenvalue weighted by Gasteiger charge is -2.16. The molecule has 1 unspecified atom stereocenters. The van der Waals surface area contributed by atoms with Crippen LogP contribution in [0.15, 0.2) is 54.6 Å². The van der Waals surface area contributed by atoms with E-state index in [1.807, 2.05) is 54.6 Å². The van der Waals surface area contributed by atoms with Crippen LogP contribution >= 0.6 is 0 Å². The molecule has 0 radical (unpaired) electrons. The molecule has 0 bridgehead atoms. The van der Waals surface area contributed by atoms with Gasteiger partial charge in [-0.2, -0.15) is 0 Å². The van der Waals surface area contributed by atoms with Crippen molar-refractivity contribution < 1.29 is 9.47 Å². The summed E-state index contributed by atoms with van der Waals surface area (Å²) in [6, 6.07) is 17.1. The van der Waals surface area contributed by atoms with Crippen molar-refractivity contribution in [3.8, 4) is 23.8 Å². The lowest BCUT2D eigenvalue weighted by atomic mass is 10.1. The Labute approximate surface area is 107 Å². The Bertz CT molecular complexity index is 541. The van der Waals surface area contributed by atoms with E-state index in [9.17, 15) is 0 Å². The maximum absolute atomic E-state index is 5.78. The maximum Gasteiger partial charge on any atom is 0.187 e. The molecule has 2 heteroatoms. The van der Waals surface area contributed by atoms with Crippen molar-refractivity contribution in [2.24, 2.45) is 0 Å². The molecule has 0 heterocycles. The van der Waals surface area contributed by atoms with Crippen LogP contribution in [0.5, 0.6) is 11.5 Å². The van der Waals surface area contributed by atoms with Crippen LogP contribution in [0.4, 0.5) is 0 Å². The highest BCUT2D eigenvalue weighted by Gasteiger charge is 2.14. The third-order valence-electron chi connectivity index (χ3n) is 2.57. The van der Waals surface area contributed by atoms with Crippen LogP contribution in [-0.4, -0.2) is 7.11 Å². The van der Waals surface area contributed by atoms with Gasteiger partial charge in [0.2, 0.25) is 0 Å². The van der Waals surface area contributed by atoms with Crippen LogP contribution in [0.25, 0.3) is 0 Å². The molecule has 2 nitrogen and oxygen atoms in total. The Morgan fingerprint density at radius 2 is 1.67 bits per heavy atom. The fourth-order valence-electron chi connectivity index (χ4n) is 1.71. The smallest absolute Gasteiger partial charge is 0.187 e. The first-order valence-corrected chi connectivity index (χ1v) is 5.66.